The van der Waals surface area contributed by atoms with Crippen LogP contribution in [0.5, 0.6) is 17.2 Å². The molecular formula is C31H32FNO7. The first-order valence-corrected chi connectivity index (χ1v) is 13.2. The molecule has 1 heterocycles. The molecule has 0 saturated heterocycles. The summed E-state index contributed by atoms with van der Waals surface area (Å²) in [4.78, 5) is 24.5. The smallest absolute Gasteiger partial charge is 0.346 e. The maximum absolute atomic E-state index is 13.2. The van der Waals surface area contributed by atoms with Crippen molar-refractivity contribution in [3.05, 3.63) is 83.7 Å². The molecule has 0 bridgehead atoms. The quantitative estimate of drug-likeness (QED) is 0.193. The summed E-state index contributed by atoms with van der Waals surface area (Å²) in [7, 11) is 0. The molecule has 8 nitrogen and oxygen atoms in total. The Morgan fingerprint density at radius 2 is 1.65 bits per heavy atom. The molecule has 1 aliphatic rings. The van der Waals surface area contributed by atoms with Gasteiger partial charge in [0.05, 0.1) is 25.4 Å². The van der Waals surface area contributed by atoms with Crippen LogP contribution in [0.25, 0.3) is 12.2 Å². The van der Waals surface area contributed by atoms with Gasteiger partial charge in [-0.25, -0.2) is 9.18 Å². The van der Waals surface area contributed by atoms with Crippen LogP contribution in [0.3, 0.4) is 0 Å². The topological polar surface area (TPSA) is 106 Å². The maximum Gasteiger partial charge on any atom is 0.346 e. The van der Waals surface area contributed by atoms with Gasteiger partial charge in [0, 0.05) is 24.6 Å². The second-order valence-corrected chi connectivity index (χ2v) is 9.35. The number of anilines is 1. The summed E-state index contributed by atoms with van der Waals surface area (Å²) in [6.45, 7) is 1.58. The first kappa shape index (κ1) is 28.5. The van der Waals surface area contributed by atoms with E-state index in [2.05, 4.69) is 0 Å². The van der Waals surface area contributed by atoms with Gasteiger partial charge < -0.3 is 29.3 Å². The second-order valence-electron chi connectivity index (χ2n) is 9.35. The molecule has 0 fully saturated rings. The molecule has 2 N–H and O–H groups in total. The van der Waals surface area contributed by atoms with E-state index in [9.17, 15) is 19.1 Å². The van der Waals surface area contributed by atoms with Crippen molar-refractivity contribution in [2.75, 3.05) is 31.2 Å². The number of fused-ring (bicyclic) bond motifs is 1. The lowest BCUT2D eigenvalue weighted by Gasteiger charge is -2.35. The standard InChI is InChI=1S/C31H32FNO7/c32-24-7-4-8-26(20-24)39-19-2-1-18-38-25-15-12-22(13-16-25)11-14-23-6-3-9-27-30(23)40-28(31(36)37)21-33(27)17-5-10-29(34)35/h3-4,6-9,11-16,20,28H,1-2,5,10,17-19,21H2,(H,34,35)(H,36,37). The van der Waals surface area contributed by atoms with E-state index in [4.69, 9.17) is 19.3 Å². The fraction of sp³-hybridized carbons (Fsp3) is 0.290. The minimum Gasteiger partial charge on any atom is -0.494 e. The third kappa shape index (κ3) is 8.23. The number of benzene rings is 3. The molecule has 210 valence electrons. The van der Waals surface area contributed by atoms with Gasteiger partial charge in [0.15, 0.2) is 5.75 Å². The Balaban J connectivity index is 1.31. The molecule has 0 amide bonds. The van der Waals surface area contributed by atoms with E-state index in [1.54, 1.807) is 12.1 Å². The van der Waals surface area contributed by atoms with Crippen molar-refractivity contribution in [2.24, 2.45) is 0 Å². The Labute approximate surface area is 232 Å². The van der Waals surface area contributed by atoms with E-state index >= 15 is 0 Å². The number of para-hydroxylation sites is 1. The fourth-order valence-corrected chi connectivity index (χ4v) is 4.29. The lowest BCUT2D eigenvalue weighted by molar-refractivity contribution is -0.145. The minimum absolute atomic E-state index is 0.00865. The molecular weight excluding hydrogens is 517 g/mol. The number of hydrogen-bond donors (Lipinski definition) is 2. The highest BCUT2D eigenvalue weighted by atomic mass is 19.1. The first-order valence-electron chi connectivity index (χ1n) is 13.2. The SMILES string of the molecule is O=C(O)CCCN1CC(C(=O)O)Oc2c(C=Cc3ccc(OCCCCOc4cccc(F)c4)cc3)cccc21. The van der Waals surface area contributed by atoms with Gasteiger partial charge >= 0.3 is 11.9 Å². The molecule has 0 aromatic heterocycles. The lowest BCUT2D eigenvalue weighted by Crippen LogP contribution is -2.45. The van der Waals surface area contributed by atoms with Crippen molar-refractivity contribution in [3.63, 3.8) is 0 Å². The highest BCUT2D eigenvalue weighted by Gasteiger charge is 2.31. The van der Waals surface area contributed by atoms with Crippen LogP contribution in [-0.2, 0) is 9.59 Å². The summed E-state index contributed by atoms with van der Waals surface area (Å²) in [5.74, 6) is -0.550. The molecule has 1 unspecified atom stereocenters. The monoisotopic (exact) mass is 549 g/mol. The zero-order valence-corrected chi connectivity index (χ0v) is 22.0. The highest BCUT2D eigenvalue weighted by molar-refractivity contribution is 5.81. The summed E-state index contributed by atoms with van der Waals surface area (Å²) in [5.41, 5.74) is 2.40. The number of aliphatic carboxylic acids is 2. The van der Waals surface area contributed by atoms with Crippen LogP contribution in [0.2, 0.25) is 0 Å². The molecule has 0 spiro atoms. The van der Waals surface area contributed by atoms with Crippen LogP contribution in [-0.4, -0.2) is 54.6 Å². The Morgan fingerprint density at radius 1 is 0.925 bits per heavy atom. The van der Waals surface area contributed by atoms with Crippen LogP contribution >= 0.6 is 0 Å². The third-order valence-corrected chi connectivity index (χ3v) is 6.31. The summed E-state index contributed by atoms with van der Waals surface area (Å²) in [6.07, 6.45) is 4.71. The van der Waals surface area contributed by atoms with E-state index in [0.29, 0.717) is 37.7 Å². The second kappa shape index (κ2) is 14.0. The zero-order valence-electron chi connectivity index (χ0n) is 22.0. The van der Waals surface area contributed by atoms with Gasteiger partial charge in [0.2, 0.25) is 6.10 Å². The van der Waals surface area contributed by atoms with Gasteiger partial charge in [-0.2, -0.15) is 0 Å². The Kier molecular flexibility index (Phi) is 9.99. The number of carboxylic acid groups (broad SMARTS) is 2. The number of carboxylic acids is 2. The number of ether oxygens (including phenoxy) is 3. The molecule has 40 heavy (non-hydrogen) atoms. The molecule has 3 aromatic rings. The van der Waals surface area contributed by atoms with Crippen molar-refractivity contribution < 1.29 is 38.4 Å². The van der Waals surface area contributed by atoms with Crippen molar-refractivity contribution in [3.8, 4) is 17.2 Å². The molecule has 0 saturated carbocycles. The van der Waals surface area contributed by atoms with Crippen molar-refractivity contribution in [1.29, 1.82) is 0 Å². The predicted molar refractivity (Wildman–Crippen MR) is 150 cm³/mol. The Bertz CT molecular complexity index is 1330. The van der Waals surface area contributed by atoms with Crippen molar-refractivity contribution >= 4 is 29.8 Å². The van der Waals surface area contributed by atoms with E-state index < -0.39 is 18.0 Å². The molecule has 0 aliphatic carbocycles. The van der Waals surface area contributed by atoms with Gasteiger partial charge in [0.25, 0.3) is 0 Å². The van der Waals surface area contributed by atoms with Gasteiger partial charge in [-0.05, 0) is 55.2 Å². The van der Waals surface area contributed by atoms with Crippen LogP contribution in [0, 0.1) is 5.82 Å². The average molecular weight is 550 g/mol. The maximum atomic E-state index is 13.2. The molecule has 4 rings (SSSR count). The highest BCUT2D eigenvalue weighted by Crippen LogP contribution is 2.38. The first-order chi connectivity index (χ1) is 19.4. The van der Waals surface area contributed by atoms with Gasteiger partial charge in [0.1, 0.15) is 17.3 Å². The minimum atomic E-state index is -1.07. The lowest BCUT2D eigenvalue weighted by atomic mass is 10.1. The number of rotatable bonds is 14. The molecule has 9 heteroatoms. The van der Waals surface area contributed by atoms with Gasteiger partial charge in [-0.3, -0.25) is 4.79 Å². The zero-order chi connectivity index (χ0) is 28.3. The number of halogens is 1. The van der Waals surface area contributed by atoms with E-state index in [1.807, 2.05) is 59.5 Å². The summed E-state index contributed by atoms with van der Waals surface area (Å²) in [6, 6.07) is 19.3. The van der Waals surface area contributed by atoms with Crippen LogP contribution in [0.15, 0.2) is 66.7 Å². The molecule has 1 atom stereocenters. The number of carbonyl (C=O) groups is 2. The van der Waals surface area contributed by atoms with Crippen molar-refractivity contribution in [2.45, 2.75) is 31.8 Å². The number of unbranched alkanes of at least 4 members (excludes halogenated alkanes) is 1. The average Bonchev–Trinajstić information content (AvgIpc) is 2.94. The van der Waals surface area contributed by atoms with E-state index in [1.165, 1.54) is 12.1 Å². The normalized spacial score (nSPS) is 14.4. The van der Waals surface area contributed by atoms with E-state index in [0.717, 1.165) is 35.4 Å². The predicted octanol–water partition coefficient (Wildman–Crippen LogP) is 5.75. The third-order valence-electron chi connectivity index (χ3n) is 6.31. The largest absolute Gasteiger partial charge is 0.494 e. The Hall–Kier alpha value is -4.53. The summed E-state index contributed by atoms with van der Waals surface area (Å²) in [5, 5.41) is 18.6. The van der Waals surface area contributed by atoms with Gasteiger partial charge in [-0.15, -0.1) is 0 Å². The van der Waals surface area contributed by atoms with Crippen LogP contribution in [0.4, 0.5) is 10.1 Å². The molecule has 0 radical (unpaired) electrons. The molecule has 3 aromatic carbocycles. The van der Waals surface area contributed by atoms with Gasteiger partial charge in [-0.1, -0.05) is 42.5 Å². The fourth-order valence-electron chi connectivity index (χ4n) is 4.29. The van der Waals surface area contributed by atoms with Crippen LogP contribution in [0.1, 0.15) is 36.8 Å². The van der Waals surface area contributed by atoms with E-state index in [-0.39, 0.29) is 18.8 Å². The number of hydrogen-bond acceptors (Lipinski definition) is 6. The molecule has 1 aliphatic heterocycles. The number of nitrogens with zero attached hydrogens (tertiary/aromatic N) is 1. The summed E-state index contributed by atoms with van der Waals surface area (Å²) < 4.78 is 30.4. The van der Waals surface area contributed by atoms with Crippen LogP contribution < -0.4 is 19.1 Å². The summed E-state index contributed by atoms with van der Waals surface area (Å²) >= 11 is 0. The Morgan fingerprint density at radius 3 is 2.35 bits per heavy atom. The van der Waals surface area contributed by atoms with Crippen molar-refractivity contribution in [1.82, 2.24) is 0 Å².